The average molecular weight is 350 g/mol. The molecule has 1 aromatic carbocycles. The van der Waals surface area contributed by atoms with Crippen LogP contribution in [0.2, 0.25) is 0 Å². The molecule has 23 heavy (non-hydrogen) atoms. The lowest BCUT2D eigenvalue weighted by molar-refractivity contribution is 0.295. The zero-order valence-corrected chi connectivity index (χ0v) is 15.1. The Balaban J connectivity index is 0.00000156. The first-order chi connectivity index (χ1) is 10.7. The predicted molar refractivity (Wildman–Crippen MR) is 99.0 cm³/mol. The minimum atomic E-state index is 0. The molecule has 2 aliphatic rings. The molecule has 3 nitrogen and oxygen atoms in total. The van der Waals surface area contributed by atoms with Crippen LogP contribution in [-0.2, 0) is 6.54 Å². The van der Waals surface area contributed by atoms with E-state index < -0.39 is 0 Å². The van der Waals surface area contributed by atoms with Gasteiger partial charge in [0.15, 0.2) is 0 Å². The van der Waals surface area contributed by atoms with Crippen LogP contribution in [0.4, 0.5) is 0 Å². The first-order valence-corrected chi connectivity index (χ1v) is 9.06. The molecule has 0 radical (unpaired) electrons. The van der Waals surface area contributed by atoms with Crippen LogP contribution in [0.3, 0.4) is 0 Å². The number of hydrogen-bond donors (Lipinski definition) is 1. The van der Waals surface area contributed by atoms with E-state index in [2.05, 4.69) is 41.5 Å². The van der Waals surface area contributed by atoms with Crippen molar-refractivity contribution in [3.05, 3.63) is 40.9 Å². The molecular weight excluding hydrogens is 326 g/mol. The highest BCUT2D eigenvalue weighted by Crippen LogP contribution is 2.37. The van der Waals surface area contributed by atoms with E-state index in [1.165, 1.54) is 36.2 Å². The summed E-state index contributed by atoms with van der Waals surface area (Å²) in [5.41, 5.74) is 9.95. The van der Waals surface area contributed by atoms with Crippen LogP contribution in [0.1, 0.15) is 24.1 Å². The lowest BCUT2D eigenvalue weighted by atomic mass is 9.98. The molecular formula is C18H24ClN3S. The topological polar surface area (TPSA) is 42.2 Å². The summed E-state index contributed by atoms with van der Waals surface area (Å²) in [6.45, 7) is 5.45. The highest BCUT2D eigenvalue weighted by Gasteiger charge is 2.40. The molecule has 124 valence electrons. The minimum Gasteiger partial charge on any atom is -0.327 e. The fraction of sp³-hybridized carbons (Fsp3) is 0.500. The molecule has 1 saturated heterocycles. The Morgan fingerprint density at radius 2 is 2.00 bits per heavy atom. The number of nitrogens with two attached hydrogens (primary N) is 1. The van der Waals surface area contributed by atoms with Gasteiger partial charge in [-0.2, -0.15) is 0 Å². The maximum absolute atomic E-state index is 6.23. The SMILES string of the molecule is Cc1ccc(-c2nc(CN3CC4CCC(N)C4C3)cs2)cc1.Cl. The number of hydrogen-bond acceptors (Lipinski definition) is 4. The predicted octanol–water partition coefficient (Wildman–Crippen LogP) is 3.71. The zero-order valence-electron chi connectivity index (χ0n) is 13.4. The van der Waals surface area contributed by atoms with Gasteiger partial charge in [-0.15, -0.1) is 23.7 Å². The second-order valence-corrected chi connectivity index (χ2v) is 7.73. The van der Waals surface area contributed by atoms with E-state index >= 15 is 0 Å². The molecule has 1 aliphatic carbocycles. The highest BCUT2D eigenvalue weighted by atomic mass is 35.5. The van der Waals surface area contributed by atoms with Crippen LogP contribution in [-0.4, -0.2) is 29.0 Å². The first-order valence-electron chi connectivity index (χ1n) is 8.18. The number of rotatable bonds is 3. The third kappa shape index (κ3) is 3.45. The van der Waals surface area contributed by atoms with Crippen LogP contribution >= 0.6 is 23.7 Å². The van der Waals surface area contributed by atoms with Crippen molar-refractivity contribution in [3.63, 3.8) is 0 Å². The summed E-state index contributed by atoms with van der Waals surface area (Å²) in [5.74, 6) is 1.54. The molecule has 4 rings (SSSR count). The Labute approximate surface area is 148 Å². The van der Waals surface area contributed by atoms with Gasteiger partial charge in [-0.1, -0.05) is 29.8 Å². The quantitative estimate of drug-likeness (QED) is 0.918. The van der Waals surface area contributed by atoms with Gasteiger partial charge in [0.1, 0.15) is 5.01 Å². The van der Waals surface area contributed by atoms with Gasteiger partial charge in [-0.3, -0.25) is 4.90 Å². The van der Waals surface area contributed by atoms with Crippen LogP contribution in [0.25, 0.3) is 10.6 Å². The van der Waals surface area contributed by atoms with Crippen LogP contribution in [0.15, 0.2) is 29.6 Å². The summed E-state index contributed by atoms with van der Waals surface area (Å²) in [7, 11) is 0. The van der Waals surface area contributed by atoms with Crippen molar-refractivity contribution in [2.24, 2.45) is 17.6 Å². The average Bonchev–Trinajstić information content (AvgIpc) is 3.19. The van der Waals surface area contributed by atoms with Crippen LogP contribution in [0, 0.1) is 18.8 Å². The molecule has 2 heterocycles. The Morgan fingerprint density at radius 1 is 1.22 bits per heavy atom. The number of aryl methyl sites for hydroxylation is 1. The van der Waals surface area contributed by atoms with E-state index in [1.807, 2.05) is 0 Å². The van der Waals surface area contributed by atoms with E-state index in [9.17, 15) is 0 Å². The van der Waals surface area contributed by atoms with E-state index in [0.717, 1.165) is 29.9 Å². The standard InChI is InChI=1S/C18H23N3S.ClH/c1-12-2-4-13(5-3-12)18-20-15(11-22-18)9-21-8-14-6-7-17(19)16(14)10-21;/h2-5,11,14,16-17H,6-10,19H2,1H3;1H. The van der Waals surface area contributed by atoms with Gasteiger partial charge >= 0.3 is 0 Å². The lowest BCUT2D eigenvalue weighted by Gasteiger charge is -2.17. The number of benzene rings is 1. The zero-order chi connectivity index (χ0) is 15.1. The fourth-order valence-electron chi connectivity index (χ4n) is 3.97. The third-order valence-corrected chi connectivity index (χ3v) is 6.16. The number of nitrogens with zero attached hydrogens (tertiary/aromatic N) is 2. The Morgan fingerprint density at radius 3 is 2.74 bits per heavy atom. The second-order valence-electron chi connectivity index (χ2n) is 6.87. The number of likely N-dealkylation sites (tertiary alicyclic amines) is 1. The normalized spacial score (nSPS) is 27.0. The number of thiazole rings is 1. The van der Waals surface area contributed by atoms with Crippen molar-refractivity contribution in [2.45, 2.75) is 32.4 Å². The van der Waals surface area contributed by atoms with Crippen molar-refractivity contribution in [3.8, 4) is 10.6 Å². The van der Waals surface area contributed by atoms with Gasteiger partial charge in [-0.25, -0.2) is 4.98 Å². The van der Waals surface area contributed by atoms with E-state index in [0.29, 0.717) is 6.04 Å². The Bertz CT molecular complexity index is 655. The van der Waals surface area contributed by atoms with Gasteiger partial charge in [0.05, 0.1) is 5.69 Å². The van der Waals surface area contributed by atoms with Gasteiger partial charge in [0, 0.05) is 36.6 Å². The fourth-order valence-corrected chi connectivity index (χ4v) is 4.78. The van der Waals surface area contributed by atoms with Crippen molar-refractivity contribution >= 4 is 23.7 Å². The molecule has 3 unspecified atom stereocenters. The highest BCUT2D eigenvalue weighted by molar-refractivity contribution is 7.13. The molecule has 1 saturated carbocycles. The maximum atomic E-state index is 6.23. The third-order valence-electron chi connectivity index (χ3n) is 5.22. The molecule has 2 N–H and O–H groups in total. The first kappa shape index (κ1) is 16.9. The summed E-state index contributed by atoms with van der Waals surface area (Å²) in [4.78, 5) is 7.38. The van der Waals surface area contributed by atoms with Crippen molar-refractivity contribution in [1.82, 2.24) is 9.88 Å². The second kappa shape index (κ2) is 6.89. The minimum absolute atomic E-state index is 0. The summed E-state index contributed by atoms with van der Waals surface area (Å²) < 4.78 is 0. The van der Waals surface area contributed by atoms with Gasteiger partial charge in [-0.05, 0) is 31.6 Å². The molecule has 0 amide bonds. The maximum Gasteiger partial charge on any atom is 0.123 e. The number of fused-ring (bicyclic) bond motifs is 1. The van der Waals surface area contributed by atoms with E-state index in [4.69, 9.17) is 10.7 Å². The molecule has 1 aliphatic heterocycles. The summed E-state index contributed by atoms with van der Waals surface area (Å²) in [6, 6.07) is 9.06. The molecule has 1 aromatic heterocycles. The Hall–Kier alpha value is -0.940. The molecule has 2 aromatic rings. The van der Waals surface area contributed by atoms with E-state index in [1.54, 1.807) is 11.3 Å². The molecule has 0 bridgehead atoms. The van der Waals surface area contributed by atoms with Gasteiger partial charge in [0.2, 0.25) is 0 Å². The van der Waals surface area contributed by atoms with Gasteiger partial charge in [0.25, 0.3) is 0 Å². The van der Waals surface area contributed by atoms with Crippen molar-refractivity contribution in [2.75, 3.05) is 13.1 Å². The van der Waals surface area contributed by atoms with Gasteiger partial charge < -0.3 is 5.73 Å². The molecule has 2 fully saturated rings. The summed E-state index contributed by atoms with van der Waals surface area (Å²) in [5, 5.41) is 3.34. The Kier molecular flexibility index (Phi) is 5.07. The smallest absolute Gasteiger partial charge is 0.123 e. The number of halogens is 1. The van der Waals surface area contributed by atoms with Crippen molar-refractivity contribution in [1.29, 1.82) is 0 Å². The van der Waals surface area contributed by atoms with Crippen LogP contribution < -0.4 is 5.73 Å². The molecule has 5 heteroatoms. The van der Waals surface area contributed by atoms with Crippen LogP contribution in [0.5, 0.6) is 0 Å². The van der Waals surface area contributed by atoms with E-state index in [-0.39, 0.29) is 12.4 Å². The van der Waals surface area contributed by atoms with Crippen molar-refractivity contribution < 1.29 is 0 Å². The molecule has 0 spiro atoms. The summed E-state index contributed by atoms with van der Waals surface area (Å²) >= 11 is 1.75. The molecule has 3 atom stereocenters. The summed E-state index contributed by atoms with van der Waals surface area (Å²) in [6.07, 6.45) is 2.53. The largest absolute Gasteiger partial charge is 0.327 e. The lowest BCUT2D eigenvalue weighted by Crippen LogP contribution is -2.30. The number of aromatic nitrogens is 1. The monoisotopic (exact) mass is 349 g/mol.